The van der Waals surface area contributed by atoms with Crippen molar-refractivity contribution in [2.75, 3.05) is 25.6 Å². The van der Waals surface area contributed by atoms with Crippen molar-refractivity contribution in [2.45, 2.75) is 54.0 Å². The van der Waals surface area contributed by atoms with E-state index in [1.165, 1.54) is 11.1 Å². The van der Waals surface area contributed by atoms with Crippen LogP contribution in [0.3, 0.4) is 0 Å². The normalized spacial score (nSPS) is 12.3. The minimum Gasteiger partial charge on any atom is -0.369 e. The third-order valence-electron chi connectivity index (χ3n) is 5.76. The summed E-state index contributed by atoms with van der Waals surface area (Å²) in [4.78, 5) is 2.35. The molecule has 0 aromatic heterocycles. The molecule has 0 N–H and O–H groups in total. The standard InChI is InChI=1S/C19H29N3.C11H14N2/c1-8-13-20-21(7)19-12-11-15(4)14-18(19)17(6)22(10-3)16(5)9-2;1-4-11(13-12-3)10-7-5-6-9(2)8-10/h8,11-14,16H,1,6,9-10H2,2-5,7H3;4-8H,1-3H3/b20-13-;11-4-,13-12?. The van der Waals surface area contributed by atoms with Crippen molar-refractivity contribution in [3.63, 3.8) is 0 Å². The van der Waals surface area contributed by atoms with Gasteiger partial charge in [0.25, 0.3) is 0 Å². The second kappa shape index (κ2) is 15.4. The number of nitrogens with zero attached hydrogens (tertiary/aromatic N) is 5. The first-order valence-electron chi connectivity index (χ1n) is 12.2. The minimum absolute atomic E-state index is 0.466. The van der Waals surface area contributed by atoms with Gasteiger partial charge >= 0.3 is 0 Å². The van der Waals surface area contributed by atoms with Gasteiger partial charge in [0.2, 0.25) is 0 Å². The lowest BCUT2D eigenvalue weighted by Gasteiger charge is -2.33. The zero-order chi connectivity index (χ0) is 26.4. The summed E-state index contributed by atoms with van der Waals surface area (Å²) in [6.45, 7) is 21.7. The molecule has 5 nitrogen and oxygen atoms in total. The van der Waals surface area contributed by atoms with Crippen LogP contribution in [-0.2, 0) is 0 Å². The Kier molecular flexibility index (Phi) is 13.0. The first kappa shape index (κ1) is 29.6. The lowest BCUT2D eigenvalue weighted by Crippen LogP contribution is -2.31. The molecule has 0 amide bonds. The third-order valence-corrected chi connectivity index (χ3v) is 5.76. The first-order chi connectivity index (χ1) is 16.7. The van der Waals surface area contributed by atoms with E-state index in [0.717, 1.165) is 41.2 Å². The zero-order valence-electron chi connectivity index (χ0n) is 22.9. The van der Waals surface area contributed by atoms with E-state index in [1.807, 2.05) is 37.2 Å². The van der Waals surface area contributed by atoms with Crippen LogP contribution in [0.2, 0.25) is 0 Å². The van der Waals surface area contributed by atoms with E-state index in [0.29, 0.717) is 6.04 Å². The summed E-state index contributed by atoms with van der Waals surface area (Å²) in [6.07, 6.45) is 6.43. The molecule has 0 aliphatic rings. The molecule has 0 bridgehead atoms. The molecular weight excluding hydrogens is 430 g/mol. The predicted molar refractivity (Wildman–Crippen MR) is 155 cm³/mol. The molecule has 5 heteroatoms. The Morgan fingerprint density at radius 1 is 1.09 bits per heavy atom. The van der Waals surface area contributed by atoms with E-state index >= 15 is 0 Å². The number of anilines is 1. The van der Waals surface area contributed by atoms with Gasteiger partial charge in [-0.15, -0.1) is 0 Å². The van der Waals surface area contributed by atoms with Crippen LogP contribution in [0.5, 0.6) is 0 Å². The number of hydrazone groups is 1. The van der Waals surface area contributed by atoms with Crippen LogP contribution in [0.25, 0.3) is 11.4 Å². The van der Waals surface area contributed by atoms with Gasteiger partial charge in [-0.05, 0) is 65.3 Å². The summed E-state index contributed by atoms with van der Waals surface area (Å²) in [6, 6.07) is 15.1. The molecule has 0 fully saturated rings. The Morgan fingerprint density at radius 3 is 2.31 bits per heavy atom. The molecule has 35 heavy (non-hydrogen) atoms. The molecule has 1 unspecified atom stereocenters. The van der Waals surface area contributed by atoms with Crippen molar-refractivity contribution in [3.05, 3.63) is 90.0 Å². The average Bonchev–Trinajstić information content (AvgIpc) is 2.86. The number of hydrogen-bond acceptors (Lipinski definition) is 5. The molecular formula is C30H43N5. The van der Waals surface area contributed by atoms with E-state index in [2.05, 4.69) is 98.3 Å². The monoisotopic (exact) mass is 473 g/mol. The van der Waals surface area contributed by atoms with Gasteiger partial charge in [-0.25, -0.2) is 0 Å². The van der Waals surface area contributed by atoms with Gasteiger partial charge in [0, 0.05) is 49.7 Å². The van der Waals surface area contributed by atoms with Gasteiger partial charge in [0.05, 0.1) is 11.4 Å². The Balaban J connectivity index is 0.000000400. The highest BCUT2D eigenvalue weighted by Crippen LogP contribution is 2.30. The molecule has 0 radical (unpaired) electrons. The summed E-state index contributed by atoms with van der Waals surface area (Å²) in [5.41, 5.74) is 7.74. The molecule has 2 aromatic rings. The number of benzene rings is 2. The van der Waals surface area contributed by atoms with Crippen LogP contribution < -0.4 is 5.01 Å². The Hall–Kier alpha value is -3.47. The number of aryl methyl sites for hydroxylation is 2. The fourth-order valence-electron chi connectivity index (χ4n) is 3.71. The highest BCUT2D eigenvalue weighted by molar-refractivity contribution is 5.77. The quantitative estimate of drug-likeness (QED) is 0.199. The van der Waals surface area contributed by atoms with Gasteiger partial charge in [-0.1, -0.05) is 61.5 Å². The van der Waals surface area contributed by atoms with Gasteiger partial charge in [0.15, 0.2) is 0 Å². The van der Waals surface area contributed by atoms with Crippen LogP contribution in [0, 0.1) is 13.8 Å². The van der Waals surface area contributed by atoms with Crippen molar-refractivity contribution >= 4 is 23.3 Å². The zero-order valence-corrected chi connectivity index (χ0v) is 22.9. The number of allylic oxidation sites excluding steroid dienone is 2. The fraction of sp³-hybridized carbons (Fsp3) is 0.367. The molecule has 0 heterocycles. The third kappa shape index (κ3) is 9.01. The number of hydrogen-bond donors (Lipinski definition) is 0. The lowest BCUT2D eigenvalue weighted by atomic mass is 10.0. The highest BCUT2D eigenvalue weighted by Gasteiger charge is 2.18. The Labute approximate surface area is 213 Å². The second-order valence-corrected chi connectivity index (χ2v) is 8.38. The Morgan fingerprint density at radius 2 is 1.77 bits per heavy atom. The average molecular weight is 474 g/mol. The summed E-state index contributed by atoms with van der Waals surface area (Å²) in [5, 5.41) is 14.0. The molecule has 1 atom stereocenters. The number of azo groups is 1. The molecule has 2 aromatic carbocycles. The Bertz CT molecular complexity index is 1050. The summed E-state index contributed by atoms with van der Waals surface area (Å²) >= 11 is 0. The van der Waals surface area contributed by atoms with E-state index in [4.69, 9.17) is 0 Å². The summed E-state index contributed by atoms with van der Waals surface area (Å²) in [5.74, 6) is 0. The predicted octanol–water partition coefficient (Wildman–Crippen LogP) is 8.13. The SMILES string of the molecule is C/C=C(\N=NC)c1cccc(C)c1.C=C/C=N\N(C)c1ccc(C)cc1C(=C)N(CC)C(C)CC. The maximum atomic E-state index is 4.37. The molecule has 0 saturated carbocycles. The fourth-order valence-corrected chi connectivity index (χ4v) is 3.71. The van der Waals surface area contributed by atoms with Crippen molar-refractivity contribution in [2.24, 2.45) is 15.3 Å². The smallest absolute Gasteiger partial charge is 0.0882 e. The highest BCUT2D eigenvalue weighted by atomic mass is 15.4. The molecule has 0 aliphatic carbocycles. The summed E-state index contributed by atoms with van der Waals surface area (Å²) in [7, 11) is 3.63. The van der Waals surface area contributed by atoms with Gasteiger partial charge in [-0.3, -0.25) is 5.01 Å². The first-order valence-corrected chi connectivity index (χ1v) is 12.2. The van der Waals surface area contributed by atoms with Crippen molar-refractivity contribution in [3.8, 4) is 0 Å². The molecule has 0 saturated heterocycles. The van der Waals surface area contributed by atoms with Crippen LogP contribution in [0.1, 0.15) is 56.4 Å². The van der Waals surface area contributed by atoms with E-state index in [1.54, 1.807) is 19.3 Å². The molecule has 0 aliphatic heterocycles. The van der Waals surface area contributed by atoms with Crippen molar-refractivity contribution in [1.29, 1.82) is 0 Å². The lowest BCUT2D eigenvalue weighted by molar-refractivity contribution is 0.319. The van der Waals surface area contributed by atoms with Gasteiger partial charge < -0.3 is 4.90 Å². The summed E-state index contributed by atoms with van der Waals surface area (Å²) < 4.78 is 0. The largest absolute Gasteiger partial charge is 0.369 e. The number of rotatable bonds is 10. The topological polar surface area (TPSA) is 43.6 Å². The second-order valence-electron chi connectivity index (χ2n) is 8.38. The van der Waals surface area contributed by atoms with Crippen LogP contribution in [0.15, 0.2) is 83.1 Å². The molecule has 0 spiro atoms. The maximum Gasteiger partial charge on any atom is 0.0882 e. The van der Waals surface area contributed by atoms with Crippen molar-refractivity contribution < 1.29 is 0 Å². The minimum atomic E-state index is 0.466. The van der Waals surface area contributed by atoms with Crippen LogP contribution >= 0.6 is 0 Å². The van der Waals surface area contributed by atoms with Crippen LogP contribution in [-0.4, -0.2) is 37.8 Å². The maximum absolute atomic E-state index is 4.37. The molecule has 2 rings (SSSR count). The van der Waals surface area contributed by atoms with Gasteiger partial charge in [0.1, 0.15) is 0 Å². The van der Waals surface area contributed by atoms with Gasteiger partial charge in [-0.2, -0.15) is 15.3 Å². The van der Waals surface area contributed by atoms with E-state index in [-0.39, 0.29) is 0 Å². The van der Waals surface area contributed by atoms with Crippen molar-refractivity contribution in [1.82, 2.24) is 4.90 Å². The van der Waals surface area contributed by atoms with E-state index in [9.17, 15) is 0 Å². The molecule has 188 valence electrons. The van der Waals surface area contributed by atoms with Crippen LogP contribution in [0.4, 0.5) is 5.69 Å². The van der Waals surface area contributed by atoms with E-state index < -0.39 is 0 Å².